The number of aromatic nitrogens is 1. The van der Waals surface area contributed by atoms with Crippen LogP contribution in [0.25, 0.3) is 11.1 Å². The Labute approximate surface area is 97.3 Å². The van der Waals surface area contributed by atoms with Crippen LogP contribution in [-0.4, -0.2) is 4.98 Å². The van der Waals surface area contributed by atoms with E-state index in [1.165, 1.54) is 20.3 Å². The van der Waals surface area contributed by atoms with Crippen molar-refractivity contribution in [3.05, 3.63) is 51.9 Å². The van der Waals surface area contributed by atoms with Crippen molar-refractivity contribution in [2.75, 3.05) is 0 Å². The minimum atomic E-state index is 1.21. The number of nitrogens with zero attached hydrogens (tertiary/aromatic N) is 1. The fourth-order valence-electron chi connectivity index (χ4n) is 1.40. The first kappa shape index (κ1) is 9.65. The number of aryl methyl sites for hydroxylation is 1. The third-order valence-electron chi connectivity index (χ3n) is 2.19. The Kier molecular flexibility index (Phi) is 2.82. The van der Waals surface area contributed by atoms with E-state index in [0.29, 0.717) is 0 Å². The second kappa shape index (κ2) is 4.09. The third kappa shape index (κ3) is 1.95. The molecule has 2 aromatic rings. The first-order valence-corrected chi connectivity index (χ1v) is 5.52. The molecule has 0 N–H and O–H groups in total. The molecule has 0 aliphatic heterocycles. The van der Waals surface area contributed by atoms with Crippen LogP contribution in [0.5, 0.6) is 0 Å². The number of hydrogen-bond donors (Lipinski definition) is 0. The minimum absolute atomic E-state index is 1.21. The van der Waals surface area contributed by atoms with E-state index in [0.717, 1.165) is 0 Å². The highest BCUT2D eigenvalue weighted by atomic mass is 127. The van der Waals surface area contributed by atoms with E-state index in [9.17, 15) is 0 Å². The van der Waals surface area contributed by atoms with Crippen LogP contribution >= 0.6 is 22.6 Å². The van der Waals surface area contributed by atoms with Crippen LogP contribution < -0.4 is 0 Å². The molecule has 0 amide bonds. The summed E-state index contributed by atoms with van der Waals surface area (Å²) >= 11 is 2.31. The second-order valence-corrected chi connectivity index (χ2v) is 4.44. The molecule has 70 valence electrons. The molecule has 1 aromatic carbocycles. The van der Waals surface area contributed by atoms with Gasteiger partial charge in [0.1, 0.15) is 0 Å². The molecule has 1 aromatic heterocycles. The van der Waals surface area contributed by atoms with Crippen molar-refractivity contribution in [3.63, 3.8) is 0 Å². The molecule has 0 bridgehead atoms. The van der Waals surface area contributed by atoms with Crippen molar-refractivity contribution >= 4 is 22.6 Å². The van der Waals surface area contributed by atoms with Gasteiger partial charge in [-0.1, -0.05) is 12.1 Å². The summed E-state index contributed by atoms with van der Waals surface area (Å²) in [5, 5.41) is 0. The zero-order valence-corrected chi connectivity index (χ0v) is 10.0. The summed E-state index contributed by atoms with van der Waals surface area (Å²) in [7, 11) is 0. The molecule has 0 radical (unpaired) electrons. The molecular formula is C12H10IN. The van der Waals surface area contributed by atoms with Gasteiger partial charge in [0.05, 0.1) is 0 Å². The molecule has 14 heavy (non-hydrogen) atoms. The Hall–Kier alpha value is -0.900. The van der Waals surface area contributed by atoms with Crippen LogP contribution in [0.2, 0.25) is 0 Å². The maximum atomic E-state index is 4.14. The summed E-state index contributed by atoms with van der Waals surface area (Å²) in [5.41, 5.74) is 3.71. The van der Waals surface area contributed by atoms with E-state index in [2.05, 4.69) is 58.8 Å². The zero-order chi connectivity index (χ0) is 9.97. The Morgan fingerprint density at radius 1 is 1.07 bits per heavy atom. The van der Waals surface area contributed by atoms with Gasteiger partial charge in [0.15, 0.2) is 0 Å². The van der Waals surface area contributed by atoms with Crippen LogP contribution in [-0.2, 0) is 0 Å². The lowest BCUT2D eigenvalue weighted by Gasteiger charge is -2.04. The van der Waals surface area contributed by atoms with Gasteiger partial charge in [-0.15, -0.1) is 0 Å². The largest absolute Gasteiger partial charge is 0.264 e. The molecule has 0 spiro atoms. The maximum absolute atomic E-state index is 4.14. The number of benzene rings is 1. The van der Waals surface area contributed by atoms with Gasteiger partial charge in [-0.2, -0.15) is 0 Å². The lowest BCUT2D eigenvalue weighted by molar-refractivity contribution is 1.29. The number of rotatable bonds is 1. The Bertz CT molecular complexity index is 434. The second-order valence-electron chi connectivity index (χ2n) is 3.20. The molecular weight excluding hydrogens is 285 g/mol. The van der Waals surface area contributed by atoms with E-state index < -0.39 is 0 Å². The molecule has 0 saturated heterocycles. The SMILES string of the molecule is Cc1ccncc1-c1ccc(I)cc1. The first-order valence-electron chi connectivity index (χ1n) is 4.44. The van der Waals surface area contributed by atoms with Crippen LogP contribution in [0.3, 0.4) is 0 Å². The van der Waals surface area contributed by atoms with Crippen LogP contribution in [0.4, 0.5) is 0 Å². The van der Waals surface area contributed by atoms with Crippen LogP contribution in [0.1, 0.15) is 5.56 Å². The first-order chi connectivity index (χ1) is 6.77. The molecule has 2 rings (SSSR count). The quantitative estimate of drug-likeness (QED) is 0.732. The van der Waals surface area contributed by atoms with Gasteiger partial charge in [0.25, 0.3) is 0 Å². The van der Waals surface area contributed by atoms with E-state index in [4.69, 9.17) is 0 Å². The number of pyridine rings is 1. The maximum Gasteiger partial charge on any atom is 0.0349 e. The van der Waals surface area contributed by atoms with Gasteiger partial charge in [0, 0.05) is 21.5 Å². The lowest BCUT2D eigenvalue weighted by atomic mass is 10.0. The highest BCUT2D eigenvalue weighted by Crippen LogP contribution is 2.22. The molecule has 0 saturated carbocycles. The predicted molar refractivity (Wildman–Crippen MR) is 67.1 cm³/mol. The van der Waals surface area contributed by atoms with Gasteiger partial charge in [-0.05, 0) is 58.8 Å². The minimum Gasteiger partial charge on any atom is -0.264 e. The van der Waals surface area contributed by atoms with Crippen molar-refractivity contribution in [2.24, 2.45) is 0 Å². The summed E-state index contributed by atoms with van der Waals surface area (Å²) < 4.78 is 1.26. The van der Waals surface area contributed by atoms with Gasteiger partial charge >= 0.3 is 0 Å². The van der Waals surface area contributed by atoms with Crippen molar-refractivity contribution in [2.45, 2.75) is 6.92 Å². The lowest BCUT2D eigenvalue weighted by Crippen LogP contribution is -1.84. The van der Waals surface area contributed by atoms with Gasteiger partial charge in [-0.3, -0.25) is 4.98 Å². The molecule has 0 aliphatic rings. The van der Waals surface area contributed by atoms with Crippen LogP contribution in [0.15, 0.2) is 42.7 Å². The van der Waals surface area contributed by atoms with E-state index in [1.807, 2.05) is 18.5 Å². The van der Waals surface area contributed by atoms with E-state index >= 15 is 0 Å². The fourth-order valence-corrected chi connectivity index (χ4v) is 1.76. The highest BCUT2D eigenvalue weighted by Gasteiger charge is 2.00. The molecule has 2 heteroatoms. The van der Waals surface area contributed by atoms with Crippen LogP contribution in [0, 0.1) is 10.5 Å². The summed E-state index contributed by atoms with van der Waals surface area (Å²) in [6.07, 6.45) is 3.74. The normalized spacial score (nSPS) is 10.1. The summed E-state index contributed by atoms with van der Waals surface area (Å²) in [4.78, 5) is 4.14. The van der Waals surface area contributed by atoms with Crippen molar-refractivity contribution < 1.29 is 0 Å². The molecule has 1 heterocycles. The molecule has 0 atom stereocenters. The summed E-state index contributed by atoms with van der Waals surface area (Å²) in [5.74, 6) is 0. The zero-order valence-electron chi connectivity index (χ0n) is 7.87. The Morgan fingerprint density at radius 3 is 2.43 bits per heavy atom. The Morgan fingerprint density at radius 2 is 1.79 bits per heavy atom. The monoisotopic (exact) mass is 295 g/mol. The third-order valence-corrected chi connectivity index (χ3v) is 2.91. The highest BCUT2D eigenvalue weighted by molar-refractivity contribution is 14.1. The fraction of sp³-hybridized carbons (Fsp3) is 0.0833. The van der Waals surface area contributed by atoms with Gasteiger partial charge in [0.2, 0.25) is 0 Å². The number of hydrogen-bond acceptors (Lipinski definition) is 1. The molecule has 0 aliphatic carbocycles. The molecule has 0 fully saturated rings. The smallest absolute Gasteiger partial charge is 0.0349 e. The average molecular weight is 295 g/mol. The predicted octanol–water partition coefficient (Wildman–Crippen LogP) is 3.66. The molecule has 0 unspecified atom stereocenters. The summed E-state index contributed by atoms with van der Waals surface area (Å²) in [6, 6.07) is 10.5. The topological polar surface area (TPSA) is 12.9 Å². The molecule has 1 nitrogen and oxygen atoms in total. The van der Waals surface area contributed by atoms with Crippen molar-refractivity contribution in [1.82, 2.24) is 4.98 Å². The average Bonchev–Trinajstić information content (AvgIpc) is 2.20. The van der Waals surface area contributed by atoms with Crippen molar-refractivity contribution in [3.8, 4) is 11.1 Å². The van der Waals surface area contributed by atoms with Crippen molar-refractivity contribution in [1.29, 1.82) is 0 Å². The number of halogens is 1. The van der Waals surface area contributed by atoms with E-state index in [1.54, 1.807) is 0 Å². The van der Waals surface area contributed by atoms with Gasteiger partial charge in [-0.25, -0.2) is 0 Å². The standard InChI is InChI=1S/C12H10IN/c1-9-6-7-14-8-12(9)10-2-4-11(13)5-3-10/h2-8H,1H3. The van der Waals surface area contributed by atoms with E-state index in [-0.39, 0.29) is 0 Å². The Balaban J connectivity index is 2.50. The summed E-state index contributed by atoms with van der Waals surface area (Å²) in [6.45, 7) is 2.11. The van der Waals surface area contributed by atoms with Gasteiger partial charge < -0.3 is 0 Å².